The second-order valence-corrected chi connectivity index (χ2v) is 9.25. The highest BCUT2D eigenvalue weighted by molar-refractivity contribution is 7.90. The highest BCUT2D eigenvalue weighted by Gasteiger charge is 2.26. The first-order valence-corrected chi connectivity index (χ1v) is 11.1. The number of hydrogen-bond donors (Lipinski definition) is 1. The molecule has 0 atom stereocenters. The predicted octanol–water partition coefficient (Wildman–Crippen LogP) is 5.38. The number of halogens is 4. The number of carboxylic acid groups (broad SMARTS) is 1. The molecule has 0 saturated carbocycles. The Morgan fingerprint density at radius 3 is 2.32 bits per heavy atom. The Morgan fingerprint density at radius 2 is 1.68 bits per heavy atom. The van der Waals surface area contributed by atoms with E-state index in [-0.39, 0.29) is 21.2 Å². The Kier molecular flexibility index (Phi) is 6.83. The van der Waals surface area contributed by atoms with E-state index in [9.17, 15) is 22.0 Å². The van der Waals surface area contributed by atoms with Crippen LogP contribution in [-0.2, 0) is 20.4 Å². The number of carbonyl (C=O) groups is 1. The molecule has 0 unspecified atom stereocenters. The van der Waals surface area contributed by atoms with E-state index in [0.717, 1.165) is 12.1 Å². The molecule has 31 heavy (non-hydrogen) atoms. The van der Waals surface area contributed by atoms with E-state index in [1.807, 2.05) is 0 Å². The Hall–Kier alpha value is -2.68. The Bertz CT molecular complexity index is 1250. The molecule has 0 radical (unpaired) electrons. The van der Waals surface area contributed by atoms with Gasteiger partial charge in [-0.15, -0.1) is 0 Å². The largest absolute Gasteiger partial charge is 0.479 e. The van der Waals surface area contributed by atoms with Gasteiger partial charge in [0.1, 0.15) is 16.5 Å². The highest BCUT2D eigenvalue weighted by Crippen LogP contribution is 2.37. The summed E-state index contributed by atoms with van der Waals surface area (Å²) in [5.41, 5.74) is 0.175. The molecule has 3 aromatic rings. The van der Waals surface area contributed by atoms with E-state index in [1.54, 1.807) is 30.3 Å². The standard InChI is InChI=1S/C21H14Cl2F2O5S/c22-14-7-16(23)21(30-10-20(26)27)19(8-14)31(28,29)11-13-6-15(18(25)9-17(13)24)12-4-2-1-3-5-12/h1-9H,10-11H2,(H,26,27). The lowest BCUT2D eigenvalue weighted by molar-refractivity contribution is -0.139. The van der Waals surface area contributed by atoms with Gasteiger partial charge in [0.2, 0.25) is 0 Å². The molecule has 10 heteroatoms. The molecular weight excluding hydrogens is 473 g/mol. The van der Waals surface area contributed by atoms with Crippen molar-refractivity contribution in [2.45, 2.75) is 10.6 Å². The maximum atomic E-state index is 14.4. The van der Waals surface area contributed by atoms with Crippen LogP contribution in [0, 0.1) is 11.6 Å². The van der Waals surface area contributed by atoms with Crippen molar-refractivity contribution in [2.75, 3.05) is 6.61 Å². The summed E-state index contributed by atoms with van der Waals surface area (Å²) in [6, 6.07) is 12.2. The number of benzene rings is 3. The zero-order chi connectivity index (χ0) is 22.8. The number of ether oxygens (including phenoxy) is 1. The zero-order valence-electron chi connectivity index (χ0n) is 15.6. The normalized spacial score (nSPS) is 11.4. The highest BCUT2D eigenvalue weighted by atomic mass is 35.5. The van der Waals surface area contributed by atoms with Crippen LogP contribution in [-0.4, -0.2) is 26.1 Å². The Morgan fingerprint density at radius 1 is 1.00 bits per heavy atom. The lowest BCUT2D eigenvalue weighted by Gasteiger charge is -2.14. The summed E-state index contributed by atoms with van der Waals surface area (Å²) >= 11 is 11.9. The van der Waals surface area contributed by atoms with Gasteiger partial charge in [0, 0.05) is 22.2 Å². The number of sulfone groups is 1. The number of aliphatic carboxylic acids is 1. The van der Waals surface area contributed by atoms with Crippen LogP contribution in [0.1, 0.15) is 5.56 Å². The summed E-state index contributed by atoms with van der Waals surface area (Å²) < 4.78 is 59.9. The van der Waals surface area contributed by atoms with Crippen LogP contribution in [0.3, 0.4) is 0 Å². The van der Waals surface area contributed by atoms with Gasteiger partial charge in [0.15, 0.2) is 22.2 Å². The van der Waals surface area contributed by atoms with Gasteiger partial charge in [0.25, 0.3) is 0 Å². The predicted molar refractivity (Wildman–Crippen MR) is 112 cm³/mol. The first kappa shape index (κ1) is 23.0. The quantitative estimate of drug-likeness (QED) is 0.485. The van der Waals surface area contributed by atoms with Crippen LogP contribution in [0.25, 0.3) is 11.1 Å². The first-order chi connectivity index (χ1) is 14.6. The summed E-state index contributed by atoms with van der Waals surface area (Å²) in [6.45, 7) is -0.854. The van der Waals surface area contributed by atoms with Crippen molar-refractivity contribution in [2.24, 2.45) is 0 Å². The Labute approximate surface area is 186 Å². The molecule has 162 valence electrons. The third-order valence-electron chi connectivity index (χ3n) is 4.22. The van der Waals surface area contributed by atoms with Crippen molar-refractivity contribution in [3.05, 3.63) is 81.8 Å². The summed E-state index contributed by atoms with van der Waals surface area (Å²) in [7, 11) is -4.32. The molecule has 3 rings (SSSR count). The smallest absolute Gasteiger partial charge is 0.341 e. The molecule has 5 nitrogen and oxygen atoms in total. The van der Waals surface area contributed by atoms with Gasteiger partial charge < -0.3 is 9.84 Å². The molecule has 3 aromatic carbocycles. The molecule has 0 amide bonds. The van der Waals surface area contributed by atoms with E-state index in [1.165, 1.54) is 6.07 Å². The molecule has 0 spiro atoms. The van der Waals surface area contributed by atoms with E-state index in [2.05, 4.69) is 0 Å². The molecule has 0 aliphatic rings. The summed E-state index contributed by atoms with van der Waals surface area (Å²) in [5, 5.41) is 8.55. The van der Waals surface area contributed by atoms with Gasteiger partial charge in [-0.25, -0.2) is 22.0 Å². The van der Waals surface area contributed by atoms with Crippen molar-refractivity contribution in [1.29, 1.82) is 0 Å². The average Bonchev–Trinajstić information content (AvgIpc) is 2.69. The van der Waals surface area contributed by atoms with Crippen molar-refractivity contribution in [3.8, 4) is 16.9 Å². The second-order valence-electron chi connectivity index (χ2n) is 6.45. The van der Waals surface area contributed by atoms with Crippen LogP contribution in [0.4, 0.5) is 8.78 Å². The van der Waals surface area contributed by atoms with E-state index in [0.29, 0.717) is 11.6 Å². The number of carboxylic acids is 1. The molecule has 0 bridgehead atoms. The minimum Gasteiger partial charge on any atom is -0.479 e. The molecule has 0 aliphatic heterocycles. The molecular formula is C21H14Cl2F2O5S. The summed E-state index contributed by atoms with van der Waals surface area (Å²) in [5.74, 6) is -4.53. The van der Waals surface area contributed by atoms with Gasteiger partial charge in [-0.3, -0.25) is 0 Å². The monoisotopic (exact) mass is 486 g/mol. The van der Waals surface area contributed by atoms with Crippen LogP contribution in [0.5, 0.6) is 5.75 Å². The number of hydrogen-bond acceptors (Lipinski definition) is 4. The zero-order valence-corrected chi connectivity index (χ0v) is 17.9. The minimum atomic E-state index is -4.32. The minimum absolute atomic E-state index is 0.0266. The Balaban J connectivity index is 2.06. The summed E-state index contributed by atoms with van der Waals surface area (Å²) in [4.78, 5) is 10.3. The maximum absolute atomic E-state index is 14.4. The third kappa shape index (κ3) is 5.33. The van der Waals surface area contributed by atoms with E-state index in [4.69, 9.17) is 33.0 Å². The summed E-state index contributed by atoms with van der Waals surface area (Å²) in [6.07, 6.45) is 0. The molecule has 1 N–H and O–H groups in total. The number of rotatable bonds is 7. The van der Waals surface area contributed by atoms with Gasteiger partial charge in [0.05, 0.1) is 10.8 Å². The van der Waals surface area contributed by atoms with Crippen LogP contribution in [0.2, 0.25) is 10.0 Å². The fourth-order valence-corrected chi connectivity index (χ4v) is 5.08. The van der Waals surface area contributed by atoms with Gasteiger partial charge in [-0.1, -0.05) is 53.5 Å². The maximum Gasteiger partial charge on any atom is 0.341 e. The molecule has 0 aliphatic carbocycles. The van der Waals surface area contributed by atoms with Gasteiger partial charge in [-0.2, -0.15) is 0 Å². The molecule has 0 aromatic heterocycles. The van der Waals surface area contributed by atoms with Crippen LogP contribution < -0.4 is 4.74 Å². The lowest BCUT2D eigenvalue weighted by atomic mass is 10.0. The van der Waals surface area contributed by atoms with Crippen molar-refractivity contribution in [1.82, 2.24) is 0 Å². The fraction of sp³-hybridized carbons (Fsp3) is 0.0952. The van der Waals surface area contributed by atoms with Crippen LogP contribution in [0.15, 0.2) is 59.5 Å². The van der Waals surface area contributed by atoms with Crippen molar-refractivity contribution >= 4 is 39.0 Å². The molecule has 0 fully saturated rings. The topological polar surface area (TPSA) is 80.7 Å². The third-order valence-corrected chi connectivity index (χ3v) is 6.38. The molecule has 0 heterocycles. The van der Waals surface area contributed by atoms with Crippen molar-refractivity contribution < 1.29 is 31.8 Å². The first-order valence-electron chi connectivity index (χ1n) is 8.68. The van der Waals surface area contributed by atoms with E-state index < -0.39 is 50.4 Å². The fourth-order valence-electron chi connectivity index (χ4n) is 2.87. The van der Waals surface area contributed by atoms with Gasteiger partial charge >= 0.3 is 5.97 Å². The van der Waals surface area contributed by atoms with Crippen LogP contribution >= 0.6 is 23.2 Å². The van der Waals surface area contributed by atoms with Gasteiger partial charge in [-0.05, 0) is 23.8 Å². The SMILES string of the molecule is O=C(O)COc1c(Cl)cc(Cl)cc1S(=O)(=O)Cc1cc(-c2ccccc2)c(F)cc1F. The average molecular weight is 487 g/mol. The second kappa shape index (κ2) is 9.21. The molecule has 0 saturated heterocycles. The van der Waals surface area contributed by atoms with E-state index >= 15 is 0 Å². The lowest BCUT2D eigenvalue weighted by Crippen LogP contribution is -2.14. The van der Waals surface area contributed by atoms with Crippen molar-refractivity contribution in [3.63, 3.8) is 0 Å².